The number of ether oxygens (including phenoxy) is 2. The molecule has 0 spiro atoms. The van der Waals surface area contributed by atoms with Crippen molar-refractivity contribution in [2.75, 3.05) is 6.79 Å². The molecule has 1 fully saturated rings. The van der Waals surface area contributed by atoms with E-state index in [1.54, 1.807) is 6.08 Å². The molecule has 2 aliphatic rings. The number of fused-ring (bicyclic) bond motifs is 1. The second kappa shape index (κ2) is 4.16. The lowest BCUT2D eigenvalue weighted by molar-refractivity contribution is -0.119. The monoisotopic (exact) mass is 244 g/mol. The number of carbonyl (C=O) groups is 1. The second-order valence-electron chi connectivity index (χ2n) is 4.94. The van der Waals surface area contributed by atoms with Crippen LogP contribution < -0.4 is 9.47 Å². The van der Waals surface area contributed by atoms with Crippen LogP contribution in [0.2, 0.25) is 0 Å². The lowest BCUT2D eigenvalue weighted by Crippen LogP contribution is -2.11. The van der Waals surface area contributed by atoms with Gasteiger partial charge in [0.15, 0.2) is 17.3 Å². The zero-order valence-corrected chi connectivity index (χ0v) is 10.4. The van der Waals surface area contributed by atoms with Gasteiger partial charge in [-0.3, -0.25) is 4.79 Å². The molecule has 3 nitrogen and oxygen atoms in total. The predicted octanol–water partition coefficient (Wildman–Crippen LogP) is 3.19. The quantitative estimate of drug-likeness (QED) is 0.763. The van der Waals surface area contributed by atoms with Crippen molar-refractivity contribution in [3.05, 3.63) is 29.8 Å². The highest BCUT2D eigenvalue weighted by Gasteiger charge is 2.46. The number of rotatable bonds is 4. The Bertz CT molecular complexity index is 512. The van der Waals surface area contributed by atoms with E-state index in [0.29, 0.717) is 0 Å². The first-order chi connectivity index (χ1) is 8.73. The molecule has 1 saturated carbocycles. The number of benzene rings is 1. The minimum atomic E-state index is -0.0488. The largest absolute Gasteiger partial charge is 0.454 e. The Hall–Kier alpha value is -1.77. The summed E-state index contributed by atoms with van der Waals surface area (Å²) in [7, 11) is 0. The van der Waals surface area contributed by atoms with Gasteiger partial charge < -0.3 is 9.47 Å². The fraction of sp³-hybridized carbons (Fsp3) is 0.400. The number of hydrogen-bond donors (Lipinski definition) is 0. The minimum absolute atomic E-state index is 0.0488. The average molecular weight is 244 g/mol. The third-order valence-corrected chi connectivity index (χ3v) is 3.88. The summed E-state index contributed by atoms with van der Waals surface area (Å²) in [5.74, 6) is 1.77. The van der Waals surface area contributed by atoms with Gasteiger partial charge in [0.05, 0.1) is 0 Å². The molecule has 1 aliphatic heterocycles. The SMILES string of the molecule is CCC1(C(=O)C=Cc2ccc3c(c2)OCO3)CC1. The molecule has 1 heterocycles. The Morgan fingerprint density at radius 1 is 1.33 bits per heavy atom. The highest BCUT2D eigenvalue weighted by molar-refractivity contribution is 5.99. The Morgan fingerprint density at radius 3 is 2.83 bits per heavy atom. The van der Waals surface area contributed by atoms with E-state index in [4.69, 9.17) is 9.47 Å². The summed E-state index contributed by atoms with van der Waals surface area (Å²) in [5, 5.41) is 0. The van der Waals surface area contributed by atoms with Gasteiger partial charge in [-0.2, -0.15) is 0 Å². The van der Waals surface area contributed by atoms with Crippen molar-refractivity contribution in [3.63, 3.8) is 0 Å². The predicted molar refractivity (Wildman–Crippen MR) is 68.6 cm³/mol. The highest BCUT2D eigenvalue weighted by atomic mass is 16.7. The van der Waals surface area contributed by atoms with Crippen molar-refractivity contribution < 1.29 is 14.3 Å². The molecule has 0 bridgehead atoms. The third kappa shape index (κ3) is 1.90. The molecule has 0 amide bonds. The summed E-state index contributed by atoms with van der Waals surface area (Å²) in [6.07, 6.45) is 6.58. The molecule has 1 aromatic carbocycles. The molecule has 0 N–H and O–H groups in total. The van der Waals surface area contributed by atoms with Crippen LogP contribution >= 0.6 is 0 Å². The lowest BCUT2D eigenvalue weighted by Gasteiger charge is -2.06. The first kappa shape index (κ1) is 11.3. The Balaban J connectivity index is 1.75. The van der Waals surface area contributed by atoms with Gasteiger partial charge in [-0.1, -0.05) is 19.1 Å². The fourth-order valence-electron chi connectivity index (χ4n) is 2.29. The average Bonchev–Trinajstić information content (AvgIpc) is 3.07. The molecule has 3 heteroatoms. The third-order valence-electron chi connectivity index (χ3n) is 3.88. The molecular weight excluding hydrogens is 228 g/mol. The Labute approximate surface area is 106 Å². The molecule has 3 rings (SSSR count). The summed E-state index contributed by atoms with van der Waals surface area (Å²) in [6.45, 7) is 2.36. The van der Waals surface area contributed by atoms with Gasteiger partial charge in [-0.05, 0) is 43.0 Å². The number of ketones is 1. The van der Waals surface area contributed by atoms with Crippen molar-refractivity contribution in [1.29, 1.82) is 0 Å². The van der Waals surface area contributed by atoms with Crippen LogP contribution in [0.25, 0.3) is 6.08 Å². The smallest absolute Gasteiger partial charge is 0.231 e. The van der Waals surface area contributed by atoms with Crippen LogP contribution in [0.3, 0.4) is 0 Å². The van der Waals surface area contributed by atoms with Crippen LogP contribution in [0.4, 0.5) is 0 Å². The van der Waals surface area contributed by atoms with Gasteiger partial charge in [0.2, 0.25) is 6.79 Å². The van der Waals surface area contributed by atoms with Crippen molar-refractivity contribution >= 4 is 11.9 Å². The maximum absolute atomic E-state index is 12.0. The van der Waals surface area contributed by atoms with E-state index in [0.717, 1.165) is 36.3 Å². The summed E-state index contributed by atoms with van der Waals surface area (Å²) >= 11 is 0. The van der Waals surface area contributed by atoms with Gasteiger partial charge in [-0.25, -0.2) is 0 Å². The summed E-state index contributed by atoms with van der Waals surface area (Å²) in [4.78, 5) is 12.0. The molecule has 0 aromatic heterocycles. The molecule has 0 atom stereocenters. The van der Waals surface area contributed by atoms with E-state index < -0.39 is 0 Å². The van der Waals surface area contributed by atoms with Gasteiger partial charge in [0.25, 0.3) is 0 Å². The maximum Gasteiger partial charge on any atom is 0.231 e. The normalized spacial score (nSPS) is 19.2. The van der Waals surface area contributed by atoms with Gasteiger partial charge in [0, 0.05) is 5.41 Å². The van der Waals surface area contributed by atoms with E-state index in [2.05, 4.69) is 6.92 Å². The minimum Gasteiger partial charge on any atom is -0.454 e. The van der Waals surface area contributed by atoms with E-state index in [1.807, 2.05) is 24.3 Å². The zero-order valence-electron chi connectivity index (χ0n) is 10.4. The molecule has 1 aromatic rings. The maximum atomic E-state index is 12.0. The van der Waals surface area contributed by atoms with Gasteiger partial charge in [-0.15, -0.1) is 0 Å². The van der Waals surface area contributed by atoms with Crippen LogP contribution in [0, 0.1) is 5.41 Å². The summed E-state index contributed by atoms with van der Waals surface area (Å²) in [6, 6.07) is 5.71. The lowest BCUT2D eigenvalue weighted by atomic mass is 9.97. The standard InChI is InChI=1S/C15H16O3/c1-2-15(7-8-15)14(16)6-4-11-3-5-12-13(9-11)18-10-17-12/h3-6,9H,2,7-8,10H2,1H3. The zero-order chi connectivity index (χ0) is 12.6. The first-order valence-corrected chi connectivity index (χ1v) is 6.36. The molecular formula is C15H16O3. The van der Waals surface area contributed by atoms with E-state index in [-0.39, 0.29) is 18.0 Å². The Morgan fingerprint density at radius 2 is 2.11 bits per heavy atom. The van der Waals surface area contributed by atoms with Crippen LogP contribution in [-0.4, -0.2) is 12.6 Å². The molecule has 18 heavy (non-hydrogen) atoms. The van der Waals surface area contributed by atoms with Crippen molar-refractivity contribution in [1.82, 2.24) is 0 Å². The number of allylic oxidation sites excluding steroid dienone is 1. The van der Waals surface area contributed by atoms with Gasteiger partial charge in [0.1, 0.15) is 0 Å². The molecule has 1 aliphatic carbocycles. The topological polar surface area (TPSA) is 35.5 Å². The van der Waals surface area contributed by atoms with Crippen molar-refractivity contribution in [3.8, 4) is 11.5 Å². The number of carbonyl (C=O) groups excluding carboxylic acids is 1. The first-order valence-electron chi connectivity index (χ1n) is 6.36. The fourth-order valence-corrected chi connectivity index (χ4v) is 2.29. The van der Waals surface area contributed by atoms with E-state index >= 15 is 0 Å². The Kier molecular flexibility index (Phi) is 2.62. The van der Waals surface area contributed by atoms with Gasteiger partial charge >= 0.3 is 0 Å². The molecule has 94 valence electrons. The molecule has 0 unspecified atom stereocenters. The van der Waals surface area contributed by atoms with Crippen LogP contribution in [0.5, 0.6) is 11.5 Å². The summed E-state index contributed by atoms with van der Waals surface area (Å²) < 4.78 is 10.6. The van der Waals surface area contributed by atoms with Crippen LogP contribution in [0.1, 0.15) is 31.7 Å². The van der Waals surface area contributed by atoms with Crippen molar-refractivity contribution in [2.45, 2.75) is 26.2 Å². The molecule has 0 saturated heterocycles. The van der Waals surface area contributed by atoms with Crippen molar-refractivity contribution in [2.24, 2.45) is 5.41 Å². The van der Waals surface area contributed by atoms with E-state index in [1.165, 1.54) is 0 Å². The second-order valence-corrected chi connectivity index (χ2v) is 4.94. The summed E-state index contributed by atoms with van der Waals surface area (Å²) in [5.41, 5.74) is 0.923. The van der Waals surface area contributed by atoms with E-state index in [9.17, 15) is 4.79 Å². The van der Waals surface area contributed by atoms with Crippen LogP contribution in [0.15, 0.2) is 24.3 Å². The highest BCUT2D eigenvalue weighted by Crippen LogP contribution is 2.49. The molecule has 0 radical (unpaired) electrons. The number of hydrogen-bond acceptors (Lipinski definition) is 3. The van der Waals surface area contributed by atoms with Crippen LogP contribution in [-0.2, 0) is 4.79 Å².